The molecular formula is C10H18. The average molecular weight is 138 g/mol. The van der Waals surface area contributed by atoms with Crippen molar-refractivity contribution in [3.8, 4) is 0 Å². The Morgan fingerprint density at radius 3 is 2.30 bits per heavy atom. The second-order valence-corrected chi connectivity index (χ2v) is 2.80. The van der Waals surface area contributed by atoms with Gasteiger partial charge in [0.2, 0.25) is 0 Å². The molecule has 0 aliphatic carbocycles. The molecule has 0 aromatic heterocycles. The molecule has 10 heavy (non-hydrogen) atoms. The standard InChI is InChI=1S/C10H18/c1-5-7-9(3)10(4)8-6-2/h5H,1,6-8H2,2-4H3/b10-9-. The van der Waals surface area contributed by atoms with E-state index in [1.54, 1.807) is 0 Å². The largest absolute Gasteiger partial charge is 0.103 e. The zero-order chi connectivity index (χ0) is 7.98. The maximum atomic E-state index is 3.71. The summed E-state index contributed by atoms with van der Waals surface area (Å²) < 4.78 is 0. The Hall–Kier alpha value is -0.520. The van der Waals surface area contributed by atoms with E-state index in [0.29, 0.717) is 0 Å². The lowest BCUT2D eigenvalue weighted by Gasteiger charge is -2.02. The van der Waals surface area contributed by atoms with Crippen LogP contribution in [0.1, 0.15) is 40.0 Å². The molecule has 58 valence electrons. The van der Waals surface area contributed by atoms with E-state index in [1.165, 1.54) is 24.0 Å². The predicted molar refractivity (Wildman–Crippen MR) is 48.1 cm³/mol. The highest BCUT2D eigenvalue weighted by atomic mass is 14.0. The summed E-state index contributed by atoms with van der Waals surface area (Å²) in [4.78, 5) is 0. The highest BCUT2D eigenvalue weighted by Gasteiger charge is 1.92. The van der Waals surface area contributed by atoms with Gasteiger partial charge in [0.1, 0.15) is 0 Å². The monoisotopic (exact) mass is 138 g/mol. The van der Waals surface area contributed by atoms with Crippen LogP contribution < -0.4 is 0 Å². The zero-order valence-corrected chi connectivity index (χ0v) is 7.41. The van der Waals surface area contributed by atoms with Gasteiger partial charge >= 0.3 is 0 Å². The molecule has 0 radical (unpaired) electrons. The third-order valence-electron chi connectivity index (χ3n) is 1.80. The molecule has 0 aromatic rings. The van der Waals surface area contributed by atoms with Crippen molar-refractivity contribution < 1.29 is 0 Å². The molecule has 0 nitrogen and oxygen atoms in total. The smallest absolute Gasteiger partial charge is 0.0142 e. The van der Waals surface area contributed by atoms with Crippen LogP contribution in [-0.4, -0.2) is 0 Å². The van der Waals surface area contributed by atoms with Crippen LogP contribution >= 0.6 is 0 Å². The summed E-state index contributed by atoms with van der Waals surface area (Å²) in [6.45, 7) is 10.3. The molecule has 0 heteroatoms. The van der Waals surface area contributed by atoms with Gasteiger partial charge in [0, 0.05) is 0 Å². The molecule has 0 amide bonds. The summed E-state index contributed by atoms with van der Waals surface area (Å²) in [5.41, 5.74) is 3.01. The summed E-state index contributed by atoms with van der Waals surface area (Å²) in [7, 11) is 0. The second-order valence-electron chi connectivity index (χ2n) is 2.80. The van der Waals surface area contributed by atoms with Crippen molar-refractivity contribution in [1.29, 1.82) is 0 Å². The van der Waals surface area contributed by atoms with Gasteiger partial charge in [0.15, 0.2) is 0 Å². The number of allylic oxidation sites excluding steroid dienone is 3. The first-order valence-electron chi connectivity index (χ1n) is 3.98. The predicted octanol–water partition coefficient (Wildman–Crippen LogP) is 3.70. The van der Waals surface area contributed by atoms with Crippen molar-refractivity contribution >= 4 is 0 Å². The molecule has 0 aliphatic rings. The summed E-state index contributed by atoms with van der Waals surface area (Å²) in [5.74, 6) is 0. The van der Waals surface area contributed by atoms with E-state index in [4.69, 9.17) is 0 Å². The quantitative estimate of drug-likeness (QED) is 0.520. The molecule has 0 saturated carbocycles. The molecule has 0 heterocycles. The third-order valence-corrected chi connectivity index (χ3v) is 1.80. The Labute approximate surface area is 64.6 Å². The van der Waals surface area contributed by atoms with Crippen molar-refractivity contribution in [2.24, 2.45) is 0 Å². The summed E-state index contributed by atoms with van der Waals surface area (Å²) >= 11 is 0. The van der Waals surface area contributed by atoms with E-state index in [1.807, 2.05) is 6.08 Å². The van der Waals surface area contributed by atoms with Crippen LogP contribution in [0.3, 0.4) is 0 Å². The maximum absolute atomic E-state index is 3.71. The van der Waals surface area contributed by atoms with Crippen LogP contribution in [0.2, 0.25) is 0 Å². The van der Waals surface area contributed by atoms with Gasteiger partial charge in [-0.15, -0.1) is 6.58 Å². The Balaban J connectivity index is 3.90. The van der Waals surface area contributed by atoms with Crippen molar-refractivity contribution in [3.05, 3.63) is 23.8 Å². The van der Waals surface area contributed by atoms with Crippen LogP contribution in [0.5, 0.6) is 0 Å². The zero-order valence-electron chi connectivity index (χ0n) is 7.41. The molecule has 0 aliphatic heterocycles. The summed E-state index contributed by atoms with van der Waals surface area (Å²) in [6.07, 6.45) is 5.50. The van der Waals surface area contributed by atoms with Crippen molar-refractivity contribution in [2.75, 3.05) is 0 Å². The van der Waals surface area contributed by atoms with Gasteiger partial charge in [0.05, 0.1) is 0 Å². The second kappa shape index (κ2) is 5.28. The normalized spacial score (nSPS) is 12.7. The molecule has 0 spiro atoms. The van der Waals surface area contributed by atoms with Crippen LogP contribution in [0.4, 0.5) is 0 Å². The SMILES string of the molecule is C=CC/C(C)=C(/C)CCC. The third kappa shape index (κ3) is 3.49. The van der Waals surface area contributed by atoms with Crippen LogP contribution in [0.15, 0.2) is 23.8 Å². The lowest BCUT2D eigenvalue weighted by molar-refractivity contribution is 0.882. The molecule has 0 unspecified atom stereocenters. The fourth-order valence-electron chi connectivity index (χ4n) is 0.979. The minimum Gasteiger partial charge on any atom is -0.103 e. The van der Waals surface area contributed by atoms with Crippen molar-refractivity contribution in [3.63, 3.8) is 0 Å². The summed E-state index contributed by atoms with van der Waals surface area (Å²) in [5, 5.41) is 0. The Morgan fingerprint density at radius 1 is 1.30 bits per heavy atom. The number of hydrogen-bond donors (Lipinski definition) is 0. The lowest BCUT2D eigenvalue weighted by Crippen LogP contribution is -1.82. The first-order valence-corrected chi connectivity index (χ1v) is 3.98. The van der Waals surface area contributed by atoms with Gasteiger partial charge in [-0.3, -0.25) is 0 Å². The van der Waals surface area contributed by atoms with Gasteiger partial charge in [-0.2, -0.15) is 0 Å². The number of rotatable bonds is 4. The van der Waals surface area contributed by atoms with E-state index in [-0.39, 0.29) is 0 Å². The van der Waals surface area contributed by atoms with Crippen LogP contribution in [-0.2, 0) is 0 Å². The minimum atomic E-state index is 1.05. The van der Waals surface area contributed by atoms with Gasteiger partial charge < -0.3 is 0 Å². The molecule has 0 N–H and O–H groups in total. The Bertz CT molecular complexity index is 129. The highest BCUT2D eigenvalue weighted by Crippen LogP contribution is 2.12. The van der Waals surface area contributed by atoms with Crippen molar-refractivity contribution in [2.45, 2.75) is 40.0 Å². The molecular weight excluding hydrogens is 120 g/mol. The van der Waals surface area contributed by atoms with Crippen molar-refractivity contribution in [1.82, 2.24) is 0 Å². The minimum absolute atomic E-state index is 1.05. The van der Waals surface area contributed by atoms with Gasteiger partial charge in [-0.1, -0.05) is 30.6 Å². The molecule has 0 fully saturated rings. The topological polar surface area (TPSA) is 0 Å². The van der Waals surface area contributed by atoms with Crippen LogP contribution in [0.25, 0.3) is 0 Å². The molecule has 0 bridgehead atoms. The Kier molecular flexibility index (Phi) is 5.00. The Morgan fingerprint density at radius 2 is 1.90 bits per heavy atom. The van der Waals surface area contributed by atoms with Crippen LogP contribution in [0, 0.1) is 0 Å². The van der Waals surface area contributed by atoms with Gasteiger partial charge in [0.25, 0.3) is 0 Å². The fourth-order valence-corrected chi connectivity index (χ4v) is 0.979. The molecule has 0 aromatic carbocycles. The number of hydrogen-bond acceptors (Lipinski definition) is 0. The van der Waals surface area contributed by atoms with E-state index in [9.17, 15) is 0 Å². The van der Waals surface area contributed by atoms with E-state index in [2.05, 4.69) is 27.4 Å². The maximum Gasteiger partial charge on any atom is -0.0142 e. The molecule has 0 saturated heterocycles. The first kappa shape index (κ1) is 9.48. The lowest BCUT2D eigenvalue weighted by atomic mass is 10.0. The highest BCUT2D eigenvalue weighted by molar-refractivity contribution is 5.11. The molecule has 0 atom stereocenters. The van der Waals surface area contributed by atoms with E-state index in [0.717, 1.165) is 6.42 Å². The van der Waals surface area contributed by atoms with Gasteiger partial charge in [-0.25, -0.2) is 0 Å². The average Bonchev–Trinajstić information content (AvgIpc) is 1.89. The van der Waals surface area contributed by atoms with Gasteiger partial charge in [-0.05, 0) is 26.7 Å². The first-order chi connectivity index (χ1) is 4.72. The van der Waals surface area contributed by atoms with E-state index < -0.39 is 0 Å². The molecule has 0 rings (SSSR count). The fraction of sp³-hybridized carbons (Fsp3) is 0.600. The summed E-state index contributed by atoms with van der Waals surface area (Å²) in [6, 6.07) is 0. The van der Waals surface area contributed by atoms with E-state index >= 15 is 0 Å².